The van der Waals surface area contributed by atoms with Crippen molar-refractivity contribution in [2.45, 2.75) is 39.2 Å². The molecule has 1 aliphatic heterocycles. The quantitative estimate of drug-likeness (QED) is 0.790. The molecule has 29 heavy (non-hydrogen) atoms. The first-order chi connectivity index (χ1) is 14.0. The largest absolute Gasteiger partial charge is 0.354 e. The smallest absolute Gasteiger partial charge is 0.255 e. The zero-order chi connectivity index (χ0) is 20.8. The van der Waals surface area contributed by atoms with Crippen LogP contribution in [0.5, 0.6) is 0 Å². The minimum atomic E-state index is -0.408. The Morgan fingerprint density at radius 1 is 1.07 bits per heavy atom. The molecule has 1 saturated heterocycles. The minimum absolute atomic E-state index is 0.0835. The third-order valence-electron chi connectivity index (χ3n) is 5.14. The Bertz CT molecular complexity index is 892. The highest BCUT2D eigenvalue weighted by Gasteiger charge is 2.34. The molecule has 0 aromatic heterocycles. The van der Waals surface area contributed by atoms with Gasteiger partial charge in [0, 0.05) is 29.9 Å². The normalized spacial score (nSPS) is 15.8. The highest BCUT2D eigenvalue weighted by molar-refractivity contribution is 6.05. The fourth-order valence-electron chi connectivity index (χ4n) is 3.54. The minimum Gasteiger partial charge on any atom is -0.354 e. The lowest BCUT2D eigenvalue weighted by molar-refractivity contribution is -0.124. The Morgan fingerprint density at radius 2 is 1.79 bits per heavy atom. The van der Waals surface area contributed by atoms with Crippen LogP contribution in [-0.4, -0.2) is 41.8 Å². The third kappa shape index (κ3) is 4.83. The van der Waals surface area contributed by atoms with Crippen molar-refractivity contribution in [1.29, 1.82) is 0 Å². The van der Waals surface area contributed by atoms with Gasteiger partial charge in [0.05, 0.1) is 0 Å². The molecule has 1 atom stereocenters. The van der Waals surface area contributed by atoms with Crippen molar-refractivity contribution >= 4 is 23.4 Å². The number of aryl methyl sites for hydroxylation is 1. The van der Waals surface area contributed by atoms with Crippen LogP contribution in [0.25, 0.3) is 0 Å². The summed E-state index contributed by atoms with van der Waals surface area (Å²) in [6, 6.07) is 13.8. The molecule has 0 aliphatic carbocycles. The van der Waals surface area contributed by atoms with Gasteiger partial charge < -0.3 is 15.5 Å². The van der Waals surface area contributed by atoms with Crippen LogP contribution in [0.3, 0.4) is 0 Å². The van der Waals surface area contributed by atoms with Gasteiger partial charge in [0.1, 0.15) is 6.04 Å². The van der Waals surface area contributed by atoms with Crippen LogP contribution in [0, 0.1) is 6.92 Å². The van der Waals surface area contributed by atoms with Crippen LogP contribution >= 0.6 is 0 Å². The van der Waals surface area contributed by atoms with Gasteiger partial charge in [0.2, 0.25) is 5.91 Å². The van der Waals surface area contributed by atoms with Crippen molar-refractivity contribution in [3.8, 4) is 0 Å². The van der Waals surface area contributed by atoms with E-state index in [9.17, 15) is 14.4 Å². The van der Waals surface area contributed by atoms with Crippen LogP contribution in [0.1, 0.15) is 52.5 Å². The van der Waals surface area contributed by atoms with E-state index in [2.05, 4.69) is 10.6 Å². The Kier molecular flexibility index (Phi) is 6.65. The first-order valence-corrected chi connectivity index (χ1v) is 10.1. The van der Waals surface area contributed by atoms with Crippen molar-refractivity contribution in [3.63, 3.8) is 0 Å². The van der Waals surface area contributed by atoms with E-state index in [0.29, 0.717) is 36.3 Å². The molecule has 0 bridgehead atoms. The number of rotatable bonds is 6. The molecular weight excluding hydrogens is 366 g/mol. The molecule has 6 heteroatoms. The number of nitrogens with zero attached hydrogens (tertiary/aromatic N) is 1. The molecule has 3 rings (SSSR count). The maximum atomic E-state index is 12.9. The van der Waals surface area contributed by atoms with Gasteiger partial charge in [0.15, 0.2) is 0 Å². The zero-order valence-corrected chi connectivity index (χ0v) is 16.9. The van der Waals surface area contributed by atoms with E-state index in [1.165, 1.54) is 0 Å². The summed E-state index contributed by atoms with van der Waals surface area (Å²) in [6.07, 6.45) is 2.37. The number of anilines is 1. The average Bonchev–Trinajstić information content (AvgIpc) is 3.22. The SMILES string of the molecule is CCCNC(=O)[C@@H]1CCCN1C(=O)c1ccc(NC(=O)c2ccccc2C)cc1. The number of carbonyl (C=O) groups is 3. The summed E-state index contributed by atoms with van der Waals surface area (Å²) in [6.45, 7) is 5.08. The molecular formula is C23H27N3O3. The number of hydrogen-bond donors (Lipinski definition) is 2. The maximum Gasteiger partial charge on any atom is 0.255 e. The predicted molar refractivity (Wildman–Crippen MR) is 113 cm³/mol. The Labute approximate surface area is 171 Å². The first kappa shape index (κ1) is 20.6. The van der Waals surface area contributed by atoms with Gasteiger partial charge in [0.25, 0.3) is 11.8 Å². The first-order valence-electron chi connectivity index (χ1n) is 10.1. The van der Waals surface area contributed by atoms with Gasteiger partial charge in [-0.25, -0.2) is 0 Å². The lowest BCUT2D eigenvalue weighted by atomic mass is 10.1. The third-order valence-corrected chi connectivity index (χ3v) is 5.14. The molecule has 2 N–H and O–H groups in total. The fourth-order valence-corrected chi connectivity index (χ4v) is 3.54. The van der Waals surface area contributed by atoms with Crippen LogP contribution in [-0.2, 0) is 4.79 Å². The summed E-state index contributed by atoms with van der Waals surface area (Å²) in [4.78, 5) is 39.3. The van der Waals surface area contributed by atoms with Crippen molar-refractivity contribution in [2.75, 3.05) is 18.4 Å². The van der Waals surface area contributed by atoms with E-state index in [0.717, 1.165) is 18.4 Å². The van der Waals surface area contributed by atoms with E-state index in [4.69, 9.17) is 0 Å². The van der Waals surface area contributed by atoms with E-state index < -0.39 is 6.04 Å². The van der Waals surface area contributed by atoms with Gasteiger partial charge in [-0.15, -0.1) is 0 Å². The van der Waals surface area contributed by atoms with Gasteiger partial charge in [-0.05, 0) is 62.1 Å². The molecule has 152 valence electrons. The number of likely N-dealkylation sites (tertiary alicyclic amines) is 1. The number of carbonyl (C=O) groups excluding carboxylic acids is 3. The standard InChI is InChI=1S/C23H27N3O3/c1-3-14-24-22(28)20-9-6-15-26(20)23(29)17-10-12-18(13-11-17)25-21(27)19-8-5-4-7-16(19)2/h4-5,7-8,10-13,20H,3,6,9,14-15H2,1-2H3,(H,24,28)(H,25,27)/t20-/m0/s1. The summed E-state index contributed by atoms with van der Waals surface area (Å²) in [5.74, 6) is -0.426. The number of nitrogens with one attached hydrogen (secondary N) is 2. The summed E-state index contributed by atoms with van der Waals surface area (Å²) < 4.78 is 0. The molecule has 6 nitrogen and oxygen atoms in total. The number of amides is 3. The predicted octanol–water partition coefficient (Wildman–Crippen LogP) is 3.38. The summed E-state index contributed by atoms with van der Waals surface area (Å²) >= 11 is 0. The average molecular weight is 393 g/mol. The van der Waals surface area contributed by atoms with Gasteiger partial charge in [-0.1, -0.05) is 25.1 Å². The second kappa shape index (κ2) is 9.37. The van der Waals surface area contributed by atoms with Crippen LogP contribution < -0.4 is 10.6 Å². The lowest BCUT2D eigenvalue weighted by Gasteiger charge is -2.24. The Hall–Kier alpha value is -3.15. The second-order valence-electron chi connectivity index (χ2n) is 7.29. The lowest BCUT2D eigenvalue weighted by Crippen LogP contribution is -2.46. The molecule has 3 amide bonds. The molecule has 2 aromatic rings. The Morgan fingerprint density at radius 3 is 2.48 bits per heavy atom. The second-order valence-corrected chi connectivity index (χ2v) is 7.29. The maximum absolute atomic E-state index is 12.9. The molecule has 0 saturated carbocycles. The number of hydrogen-bond acceptors (Lipinski definition) is 3. The van der Waals surface area contributed by atoms with Crippen molar-refractivity contribution in [3.05, 3.63) is 65.2 Å². The van der Waals surface area contributed by atoms with Gasteiger partial charge in [-0.3, -0.25) is 14.4 Å². The number of benzene rings is 2. The van der Waals surface area contributed by atoms with E-state index in [1.807, 2.05) is 32.0 Å². The Balaban J connectivity index is 1.66. The van der Waals surface area contributed by atoms with E-state index in [-0.39, 0.29) is 17.7 Å². The molecule has 0 radical (unpaired) electrons. The molecule has 1 aliphatic rings. The van der Waals surface area contributed by atoms with Crippen LogP contribution in [0.2, 0.25) is 0 Å². The highest BCUT2D eigenvalue weighted by Crippen LogP contribution is 2.21. The summed E-state index contributed by atoms with van der Waals surface area (Å²) in [5, 5.41) is 5.74. The topological polar surface area (TPSA) is 78.5 Å². The molecule has 2 aromatic carbocycles. The van der Waals surface area contributed by atoms with Crippen LogP contribution in [0.15, 0.2) is 48.5 Å². The van der Waals surface area contributed by atoms with Crippen molar-refractivity contribution in [2.24, 2.45) is 0 Å². The molecule has 0 unspecified atom stereocenters. The van der Waals surface area contributed by atoms with E-state index in [1.54, 1.807) is 35.2 Å². The monoisotopic (exact) mass is 393 g/mol. The van der Waals surface area contributed by atoms with Crippen molar-refractivity contribution in [1.82, 2.24) is 10.2 Å². The van der Waals surface area contributed by atoms with E-state index >= 15 is 0 Å². The zero-order valence-electron chi connectivity index (χ0n) is 16.9. The molecule has 0 spiro atoms. The fraction of sp³-hybridized carbons (Fsp3) is 0.348. The van der Waals surface area contributed by atoms with Crippen molar-refractivity contribution < 1.29 is 14.4 Å². The van der Waals surface area contributed by atoms with Gasteiger partial charge >= 0.3 is 0 Å². The van der Waals surface area contributed by atoms with Gasteiger partial charge in [-0.2, -0.15) is 0 Å². The van der Waals surface area contributed by atoms with Crippen LogP contribution in [0.4, 0.5) is 5.69 Å². The molecule has 1 heterocycles. The summed E-state index contributed by atoms with van der Waals surface area (Å²) in [7, 11) is 0. The molecule has 1 fully saturated rings. The summed E-state index contributed by atoms with van der Waals surface area (Å²) in [5.41, 5.74) is 2.64. The highest BCUT2D eigenvalue weighted by atomic mass is 16.2.